The molecule has 0 aromatic heterocycles. The van der Waals surface area contributed by atoms with E-state index in [9.17, 15) is 19.2 Å². The molecule has 7 saturated carbocycles. The molecule has 0 spiro atoms. The molecule has 0 saturated heterocycles. The number of hydrogen-bond acceptors (Lipinski definition) is 10. The zero-order valence-corrected chi connectivity index (χ0v) is 48.4. The van der Waals surface area contributed by atoms with E-state index in [0.29, 0.717) is 56.0 Å². The molecule has 4 aliphatic heterocycles. The fourth-order valence-corrected chi connectivity index (χ4v) is 16.6. The van der Waals surface area contributed by atoms with Crippen LogP contribution < -0.4 is 18.9 Å². The second-order valence-corrected chi connectivity index (χ2v) is 26.7. The third-order valence-electron chi connectivity index (χ3n) is 22.2. The predicted molar refractivity (Wildman–Crippen MR) is 298 cm³/mol. The molecule has 0 radical (unpaired) electrons. The van der Waals surface area contributed by atoms with Crippen LogP contribution in [-0.2, 0) is 22.4 Å². The molecule has 412 valence electrons. The quantitative estimate of drug-likeness (QED) is 0.240. The van der Waals surface area contributed by atoms with E-state index in [4.69, 9.17) is 18.9 Å². The first-order chi connectivity index (χ1) is 36.4. The molecule has 4 heterocycles. The summed E-state index contributed by atoms with van der Waals surface area (Å²) in [4.78, 5) is 62.1. The summed E-state index contributed by atoms with van der Waals surface area (Å²) < 4.78 is 27.4. The summed E-state index contributed by atoms with van der Waals surface area (Å²) in [5.74, 6) is 2.54. The van der Waals surface area contributed by atoms with E-state index in [1.165, 1.54) is 49.7 Å². The lowest BCUT2D eigenvalue weighted by molar-refractivity contribution is -0.212. The van der Waals surface area contributed by atoms with Gasteiger partial charge in [-0.2, -0.15) is 0 Å². The maximum Gasteiger partial charge on any atom is 0.254 e. The SMILES string of the molecule is CC1=CC(C)=C(CN2CCc3c(c(C)c4c(c3C3CC3)OC(C)(C35CCC(N(C)C)(CC3)CC5)O4)C2=O)C(=O)C1.CC1=CC(C)=C(CN2CCc3cc4c(c(C)c3C2=O)OC(C)(C23CCC(N(C)C)(CC2)CC3)O4)C(=O)C1. The highest BCUT2D eigenvalue weighted by Gasteiger charge is 2.64. The Balaban J connectivity index is 0.000000155. The minimum absolute atomic E-state index is 0.00934. The van der Waals surface area contributed by atoms with Crippen LogP contribution in [-0.4, -0.2) is 120 Å². The summed E-state index contributed by atoms with van der Waals surface area (Å²) in [5.41, 5.74) is 13.0. The fraction of sp³-hybridized carbons (Fsp3) is 0.631. The smallest absolute Gasteiger partial charge is 0.254 e. The molecule has 0 N–H and O–H groups in total. The van der Waals surface area contributed by atoms with Gasteiger partial charge in [0.2, 0.25) is 0 Å². The first-order valence-corrected chi connectivity index (χ1v) is 29.3. The number of allylic oxidation sites excluding steroid dienone is 6. The molecular formula is C65H84N4O8. The topological polar surface area (TPSA) is 118 Å². The van der Waals surface area contributed by atoms with Crippen molar-refractivity contribution < 1.29 is 38.1 Å². The van der Waals surface area contributed by atoms with E-state index in [2.05, 4.69) is 64.0 Å². The van der Waals surface area contributed by atoms with Crippen molar-refractivity contribution >= 4 is 23.4 Å². The number of amides is 2. The minimum atomic E-state index is -0.716. The van der Waals surface area contributed by atoms with Gasteiger partial charge in [-0.05, 0) is 207 Å². The molecule has 2 atom stereocenters. The number of carbonyl (C=O) groups excluding carboxylic acids is 4. The van der Waals surface area contributed by atoms with Gasteiger partial charge in [-0.15, -0.1) is 0 Å². The van der Waals surface area contributed by atoms with Gasteiger partial charge in [-0.25, -0.2) is 0 Å². The largest absolute Gasteiger partial charge is 0.448 e. The molecule has 15 rings (SSSR count). The monoisotopic (exact) mass is 1050 g/mol. The molecule has 2 amide bonds. The molecule has 13 aliphatic rings. The van der Waals surface area contributed by atoms with Gasteiger partial charge in [0.05, 0.1) is 0 Å². The number of fused-ring (bicyclic) bond motifs is 10. The highest BCUT2D eigenvalue weighted by Crippen LogP contribution is 2.66. The van der Waals surface area contributed by atoms with Crippen LogP contribution >= 0.6 is 0 Å². The van der Waals surface area contributed by atoms with Crippen LogP contribution in [0.1, 0.15) is 199 Å². The number of Topliss-reactive ketones (excluding diaryl/α,β-unsaturated/α-hetero) is 2. The van der Waals surface area contributed by atoms with E-state index in [1.54, 1.807) is 0 Å². The summed E-state index contributed by atoms with van der Waals surface area (Å²) >= 11 is 0. The van der Waals surface area contributed by atoms with Crippen molar-refractivity contribution in [1.29, 1.82) is 0 Å². The molecule has 4 bridgehead atoms. The van der Waals surface area contributed by atoms with Gasteiger partial charge in [0, 0.05) is 114 Å². The third kappa shape index (κ3) is 8.07. The van der Waals surface area contributed by atoms with Crippen molar-refractivity contribution in [2.75, 3.05) is 54.4 Å². The number of nitrogens with zero attached hydrogens (tertiary/aromatic N) is 4. The highest BCUT2D eigenvalue weighted by atomic mass is 16.7. The Morgan fingerprint density at radius 1 is 0.545 bits per heavy atom. The molecule has 77 heavy (non-hydrogen) atoms. The van der Waals surface area contributed by atoms with E-state index >= 15 is 0 Å². The van der Waals surface area contributed by atoms with Gasteiger partial charge >= 0.3 is 0 Å². The average Bonchev–Trinajstić information content (AvgIpc) is 4.29. The van der Waals surface area contributed by atoms with Gasteiger partial charge in [0.25, 0.3) is 23.4 Å². The maximum atomic E-state index is 14.1. The van der Waals surface area contributed by atoms with Crippen LogP contribution in [0.25, 0.3) is 0 Å². The Morgan fingerprint density at radius 2 is 0.974 bits per heavy atom. The molecule has 9 aliphatic carbocycles. The van der Waals surface area contributed by atoms with E-state index in [1.807, 2.05) is 57.4 Å². The summed E-state index contributed by atoms with van der Waals surface area (Å²) in [5, 5.41) is 0. The lowest BCUT2D eigenvalue weighted by atomic mass is 9.54. The second kappa shape index (κ2) is 18.2. The Morgan fingerprint density at radius 3 is 1.44 bits per heavy atom. The van der Waals surface area contributed by atoms with Gasteiger partial charge in [-0.3, -0.25) is 19.2 Å². The van der Waals surface area contributed by atoms with Crippen molar-refractivity contribution in [2.24, 2.45) is 10.8 Å². The van der Waals surface area contributed by atoms with Crippen LogP contribution in [0.3, 0.4) is 0 Å². The number of carbonyl (C=O) groups is 4. The van der Waals surface area contributed by atoms with Gasteiger partial charge in [-0.1, -0.05) is 23.3 Å². The lowest BCUT2D eigenvalue weighted by Crippen LogP contribution is -2.62. The van der Waals surface area contributed by atoms with Crippen LogP contribution in [0.2, 0.25) is 0 Å². The van der Waals surface area contributed by atoms with Gasteiger partial charge in [0.15, 0.2) is 34.6 Å². The van der Waals surface area contributed by atoms with Crippen LogP contribution in [0.4, 0.5) is 0 Å². The molecule has 2 aromatic rings. The Labute approximate surface area is 457 Å². The minimum Gasteiger partial charge on any atom is -0.448 e. The molecule has 12 nitrogen and oxygen atoms in total. The summed E-state index contributed by atoms with van der Waals surface area (Å²) in [6, 6.07) is 2.05. The predicted octanol–water partition coefficient (Wildman–Crippen LogP) is 11.6. The number of ketones is 2. The number of benzene rings is 2. The Hall–Kier alpha value is -5.20. The van der Waals surface area contributed by atoms with Crippen LogP contribution in [0.5, 0.6) is 23.0 Å². The first-order valence-electron chi connectivity index (χ1n) is 29.3. The molecule has 2 aromatic carbocycles. The zero-order valence-electron chi connectivity index (χ0n) is 48.4. The van der Waals surface area contributed by atoms with Crippen molar-refractivity contribution in [3.63, 3.8) is 0 Å². The van der Waals surface area contributed by atoms with Crippen molar-refractivity contribution in [2.45, 2.75) is 200 Å². The van der Waals surface area contributed by atoms with E-state index < -0.39 is 11.6 Å². The summed E-state index contributed by atoms with van der Waals surface area (Å²) in [6.07, 6.45) is 22.5. The van der Waals surface area contributed by atoms with Crippen LogP contribution in [0, 0.1) is 24.7 Å². The third-order valence-corrected chi connectivity index (χ3v) is 22.2. The van der Waals surface area contributed by atoms with Crippen molar-refractivity contribution in [1.82, 2.24) is 19.6 Å². The summed E-state index contributed by atoms with van der Waals surface area (Å²) in [7, 11) is 8.89. The molecule has 12 heteroatoms. The Kier molecular flexibility index (Phi) is 12.4. The standard InChI is InChI=1S/C34H44N2O4.C31H40N2O4/c1-20-17-21(2)25(26(37)18-20)19-36-16-9-24-27(31(36)38)22(3)29-30(28(24)23-7-8-23)40-32(4,39-29)33-10-13-34(14-11-33,15-12-33)35(5)6;1-19-15-20(2)23(24(34)16-19)18-33-14-7-22-17-25-27(21(3)26(22)28(33)35)37-29(4,36-25)30-8-11-31(12-9-30,13-10-30)32(5)6/h17,23H,7-16,18-19H2,1-6H3;15,17H,7-14,16,18H2,1-6H3. The first kappa shape index (κ1) is 52.5. The second-order valence-electron chi connectivity index (χ2n) is 26.7. The normalized spacial score (nSPS) is 33.0. The molecule has 7 fully saturated rings. The molecule has 2 unspecified atom stereocenters. The van der Waals surface area contributed by atoms with Gasteiger partial charge in [0.1, 0.15) is 0 Å². The van der Waals surface area contributed by atoms with E-state index in [-0.39, 0.29) is 34.2 Å². The number of ether oxygens (including phenoxy) is 4. The van der Waals surface area contributed by atoms with Crippen molar-refractivity contribution in [3.8, 4) is 23.0 Å². The maximum absolute atomic E-state index is 14.1. The molecular weight excluding hydrogens is 965 g/mol. The Bertz CT molecular complexity index is 3030. The zero-order chi connectivity index (χ0) is 54.5. The van der Waals surface area contributed by atoms with Crippen LogP contribution in [0.15, 0.2) is 51.7 Å². The highest BCUT2D eigenvalue weighted by molar-refractivity contribution is 6.04. The summed E-state index contributed by atoms with van der Waals surface area (Å²) in [6.45, 7) is 18.3. The van der Waals surface area contributed by atoms with E-state index in [0.717, 1.165) is 148 Å². The average molecular weight is 1050 g/mol. The van der Waals surface area contributed by atoms with Crippen molar-refractivity contribution in [3.05, 3.63) is 90.6 Å². The van der Waals surface area contributed by atoms with Gasteiger partial charge < -0.3 is 38.5 Å². The fourth-order valence-electron chi connectivity index (χ4n) is 16.6. The number of rotatable bonds is 9. The lowest BCUT2D eigenvalue weighted by Gasteiger charge is -2.59. The number of hydrogen-bond donors (Lipinski definition) is 0.